The zero-order valence-corrected chi connectivity index (χ0v) is 15.8. The van der Waals surface area contributed by atoms with Gasteiger partial charge >= 0.3 is 6.18 Å². The molecule has 3 aromatic heterocycles. The van der Waals surface area contributed by atoms with Crippen LogP contribution in [0.3, 0.4) is 0 Å². The number of H-pyrrole nitrogens is 1. The van der Waals surface area contributed by atoms with Gasteiger partial charge in [0, 0.05) is 11.8 Å². The highest BCUT2D eigenvalue weighted by Crippen LogP contribution is 2.35. The van der Waals surface area contributed by atoms with Crippen LogP contribution < -0.4 is 10.9 Å². The Morgan fingerprint density at radius 1 is 1.13 bits per heavy atom. The van der Waals surface area contributed by atoms with Gasteiger partial charge in [0.1, 0.15) is 10.6 Å². The SMILES string of the molecule is O=C(Nc1cc(C(F)(F)F)c[nH]c1=O)c1sc(-c2ccco2)nc1-c1ccccc1. The molecule has 0 spiro atoms. The molecule has 0 atom stereocenters. The van der Waals surface area contributed by atoms with Crippen LogP contribution in [0, 0.1) is 0 Å². The van der Waals surface area contributed by atoms with Gasteiger partial charge in [0.15, 0.2) is 10.8 Å². The van der Waals surface area contributed by atoms with Gasteiger partial charge in [0.2, 0.25) is 0 Å². The van der Waals surface area contributed by atoms with Crippen molar-refractivity contribution in [1.82, 2.24) is 9.97 Å². The maximum absolute atomic E-state index is 13.0. The lowest BCUT2D eigenvalue weighted by Gasteiger charge is -2.09. The van der Waals surface area contributed by atoms with Crippen LogP contribution in [0.25, 0.3) is 22.0 Å². The molecule has 0 aliphatic carbocycles. The highest BCUT2D eigenvalue weighted by atomic mass is 32.1. The first kappa shape index (κ1) is 19.6. The molecule has 30 heavy (non-hydrogen) atoms. The highest BCUT2D eigenvalue weighted by molar-refractivity contribution is 7.17. The molecular formula is C20H12F3N3O3S. The molecule has 0 saturated heterocycles. The number of pyridine rings is 1. The van der Waals surface area contributed by atoms with Crippen molar-refractivity contribution < 1.29 is 22.4 Å². The number of thiazole rings is 1. The second-order valence-corrected chi connectivity index (χ2v) is 7.12. The smallest absolute Gasteiger partial charge is 0.417 e. The summed E-state index contributed by atoms with van der Waals surface area (Å²) in [5.74, 6) is -0.317. The van der Waals surface area contributed by atoms with Gasteiger partial charge in [-0.2, -0.15) is 13.2 Å². The van der Waals surface area contributed by atoms with E-state index < -0.39 is 28.9 Å². The fourth-order valence-electron chi connectivity index (χ4n) is 2.69. The van der Waals surface area contributed by atoms with E-state index in [9.17, 15) is 22.8 Å². The Labute approximate surface area is 171 Å². The van der Waals surface area contributed by atoms with E-state index in [-0.39, 0.29) is 4.88 Å². The number of halogens is 3. The normalized spacial score (nSPS) is 11.4. The van der Waals surface area contributed by atoms with E-state index in [2.05, 4.69) is 10.3 Å². The molecule has 4 rings (SSSR count). The lowest BCUT2D eigenvalue weighted by molar-refractivity contribution is -0.137. The molecule has 152 valence electrons. The quantitative estimate of drug-likeness (QED) is 0.474. The monoisotopic (exact) mass is 431 g/mol. The Bertz CT molecular complexity index is 1250. The number of rotatable bonds is 4. The molecule has 6 nitrogen and oxygen atoms in total. The Hall–Kier alpha value is -3.66. The van der Waals surface area contributed by atoms with Crippen LogP contribution in [0.15, 0.2) is 70.2 Å². The first-order valence-electron chi connectivity index (χ1n) is 8.54. The number of alkyl halides is 3. The largest absolute Gasteiger partial charge is 0.462 e. The number of nitrogens with zero attached hydrogens (tertiary/aromatic N) is 1. The van der Waals surface area contributed by atoms with Crippen LogP contribution in [-0.4, -0.2) is 15.9 Å². The summed E-state index contributed by atoms with van der Waals surface area (Å²) in [6.07, 6.45) is -2.66. The third kappa shape index (κ3) is 3.90. The number of furan rings is 1. The van der Waals surface area contributed by atoms with Crippen molar-refractivity contribution in [3.05, 3.63) is 81.8 Å². The summed E-state index contributed by atoms with van der Waals surface area (Å²) in [4.78, 5) is 31.4. The number of carbonyl (C=O) groups is 1. The van der Waals surface area contributed by atoms with Gasteiger partial charge in [-0.25, -0.2) is 4.98 Å². The molecule has 0 bridgehead atoms. The number of hydrogen-bond acceptors (Lipinski definition) is 5. The lowest BCUT2D eigenvalue weighted by atomic mass is 10.1. The maximum Gasteiger partial charge on any atom is 0.417 e. The van der Waals surface area contributed by atoms with E-state index in [0.717, 1.165) is 11.3 Å². The Morgan fingerprint density at radius 3 is 2.57 bits per heavy atom. The average molecular weight is 431 g/mol. The van der Waals surface area contributed by atoms with E-state index in [1.54, 1.807) is 42.5 Å². The second kappa shape index (κ2) is 7.64. The Balaban J connectivity index is 1.75. The summed E-state index contributed by atoms with van der Waals surface area (Å²) in [5, 5.41) is 2.68. The molecule has 3 heterocycles. The summed E-state index contributed by atoms with van der Waals surface area (Å²) < 4.78 is 44.2. The van der Waals surface area contributed by atoms with Crippen LogP contribution in [0.5, 0.6) is 0 Å². The van der Waals surface area contributed by atoms with Crippen molar-refractivity contribution in [2.24, 2.45) is 0 Å². The number of amides is 1. The lowest BCUT2D eigenvalue weighted by Crippen LogP contribution is -2.21. The first-order valence-corrected chi connectivity index (χ1v) is 9.36. The number of benzene rings is 1. The van der Waals surface area contributed by atoms with E-state index in [1.165, 1.54) is 6.26 Å². The van der Waals surface area contributed by atoms with Gasteiger partial charge < -0.3 is 14.7 Å². The summed E-state index contributed by atoms with van der Waals surface area (Å²) in [6.45, 7) is 0. The van der Waals surface area contributed by atoms with E-state index in [4.69, 9.17) is 4.42 Å². The standard InChI is InChI=1S/C20H12F3N3O3S/c21-20(22,23)12-9-13(17(27)24-10-12)25-18(28)16-15(11-5-2-1-3-6-11)26-19(30-16)14-7-4-8-29-14/h1-10H,(H,24,27)(H,25,28). The van der Waals surface area contributed by atoms with Crippen LogP contribution in [-0.2, 0) is 6.18 Å². The van der Waals surface area contributed by atoms with Gasteiger partial charge in [-0.15, -0.1) is 11.3 Å². The molecule has 4 aromatic rings. The third-order valence-corrected chi connectivity index (χ3v) is 5.16. The van der Waals surface area contributed by atoms with Crippen LogP contribution in [0.4, 0.5) is 18.9 Å². The minimum absolute atomic E-state index is 0.129. The van der Waals surface area contributed by atoms with Gasteiger partial charge in [0.05, 0.1) is 17.5 Å². The molecular weight excluding hydrogens is 419 g/mol. The zero-order chi connectivity index (χ0) is 21.3. The highest BCUT2D eigenvalue weighted by Gasteiger charge is 2.32. The van der Waals surface area contributed by atoms with Crippen molar-refractivity contribution in [3.63, 3.8) is 0 Å². The van der Waals surface area contributed by atoms with Gasteiger partial charge in [-0.05, 0) is 18.2 Å². The Kier molecular flexibility index (Phi) is 5.00. The van der Waals surface area contributed by atoms with Crippen LogP contribution in [0.2, 0.25) is 0 Å². The average Bonchev–Trinajstić information content (AvgIpc) is 3.39. The predicted octanol–water partition coefficient (Wildman–Crippen LogP) is 5.03. The fraction of sp³-hybridized carbons (Fsp3) is 0.0500. The zero-order valence-electron chi connectivity index (χ0n) is 15.0. The minimum Gasteiger partial charge on any atom is -0.462 e. The van der Waals surface area contributed by atoms with E-state index >= 15 is 0 Å². The van der Waals surface area contributed by atoms with Crippen LogP contribution in [0.1, 0.15) is 15.2 Å². The molecule has 0 aliphatic rings. The number of aromatic amines is 1. The second-order valence-electron chi connectivity index (χ2n) is 6.12. The van der Waals surface area contributed by atoms with Gasteiger partial charge in [0.25, 0.3) is 11.5 Å². The number of nitrogens with one attached hydrogen (secondary N) is 2. The fourth-order valence-corrected chi connectivity index (χ4v) is 3.64. The third-order valence-electron chi connectivity index (χ3n) is 4.09. The van der Waals surface area contributed by atoms with Crippen molar-refractivity contribution in [2.45, 2.75) is 6.18 Å². The van der Waals surface area contributed by atoms with Crippen LogP contribution >= 0.6 is 11.3 Å². The number of hydrogen-bond donors (Lipinski definition) is 2. The van der Waals surface area contributed by atoms with Crippen molar-refractivity contribution in [2.75, 3.05) is 5.32 Å². The molecule has 10 heteroatoms. The first-order chi connectivity index (χ1) is 14.3. The topological polar surface area (TPSA) is 88.0 Å². The molecule has 0 radical (unpaired) electrons. The summed E-state index contributed by atoms with van der Waals surface area (Å²) >= 11 is 1.00. The summed E-state index contributed by atoms with van der Waals surface area (Å²) in [5.41, 5.74) is -1.49. The number of aromatic nitrogens is 2. The molecule has 1 aromatic carbocycles. The molecule has 2 N–H and O–H groups in total. The van der Waals surface area contributed by atoms with Gasteiger partial charge in [-0.1, -0.05) is 30.3 Å². The van der Waals surface area contributed by atoms with Crippen molar-refractivity contribution in [3.8, 4) is 22.0 Å². The van der Waals surface area contributed by atoms with Gasteiger partial charge in [-0.3, -0.25) is 9.59 Å². The molecule has 1 amide bonds. The Morgan fingerprint density at radius 2 is 1.90 bits per heavy atom. The summed E-state index contributed by atoms with van der Waals surface area (Å²) in [6, 6.07) is 12.7. The van der Waals surface area contributed by atoms with E-state index in [0.29, 0.717) is 34.3 Å². The van der Waals surface area contributed by atoms with E-state index in [1.807, 2.05) is 4.98 Å². The van der Waals surface area contributed by atoms with Crippen molar-refractivity contribution in [1.29, 1.82) is 0 Å². The number of anilines is 1. The predicted molar refractivity (Wildman–Crippen MR) is 105 cm³/mol. The maximum atomic E-state index is 13.0. The minimum atomic E-state index is -4.67. The summed E-state index contributed by atoms with van der Waals surface area (Å²) in [7, 11) is 0. The molecule has 0 unspecified atom stereocenters. The molecule has 0 saturated carbocycles. The molecule has 0 aliphatic heterocycles. The number of carbonyl (C=O) groups excluding carboxylic acids is 1. The van der Waals surface area contributed by atoms with Crippen molar-refractivity contribution >= 4 is 22.9 Å². The molecule has 0 fully saturated rings.